The largest absolute Gasteiger partial charge is 0.508 e. The molecule has 0 fully saturated rings. The van der Waals surface area contributed by atoms with Crippen LogP contribution in [0.1, 0.15) is 68.9 Å². The zero-order valence-corrected chi connectivity index (χ0v) is 24.2. The maximum atomic E-state index is 12.9. The topological polar surface area (TPSA) is 66.8 Å². The average Bonchev–Trinajstić information content (AvgIpc) is 2.88. The second-order valence-corrected chi connectivity index (χ2v) is 13.2. The zero-order chi connectivity index (χ0) is 29.4. The fourth-order valence-corrected chi connectivity index (χ4v) is 7.64. The molecule has 11 heteroatoms. The molecule has 1 aliphatic rings. The second kappa shape index (κ2) is 14.4. The van der Waals surface area contributed by atoms with Crippen molar-refractivity contribution in [2.45, 2.75) is 80.2 Å². The Hall–Kier alpha value is -1.85. The van der Waals surface area contributed by atoms with Crippen LogP contribution in [0, 0.1) is 0 Å². The molecule has 40 heavy (non-hydrogen) atoms. The molecule has 0 radical (unpaired) electrons. The number of aromatic hydroxyl groups is 2. The molecule has 3 rings (SSSR count). The van der Waals surface area contributed by atoms with Crippen molar-refractivity contribution in [3.63, 3.8) is 0 Å². The number of halogens is 5. The summed E-state index contributed by atoms with van der Waals surface area (Å²) in [5.41, 5.74) is 2.18. The third kappa shape index (κ3) is 8.82. The molecule has 0 saturated carbocycles. The molecule has 2 aromatic rings. The minimum Gasteiger partial charge on any atom is -0.508 e. The van der Waals surface area contributed by atoms with Gasteiger partial charge in [-0.2, -0.15) is 22.0 Å². The first kappa shape index (κ1) is 32.7. The monoisotopic (exact) mass is 608 g/mol. The summed E-state index contributed by atoms with van der Waals surface area (Å²) in [5.74, 6) is -3.11. The molecule has 3 atom stereocenters. The molecular formula is C29H37F5O4S2. The highest BCUT2D eigenvalue weighted by molar-refractivity contribution is 7.99. The molecule has 0 bridgehead atoms. The number of hydrogen-bond acceptors (Lipinski definition) is 5. The van der Waals surface area contributed by atoms with Gasteiger partial charge in [0.2, 0.25) is 0 Å². The van der Waals surface area contributed by atoms with Gasteiger partial charge in [0.25, 0.3) is 0 Å². The molecule has 1 heterocycles. The van der Waals surface area contributed by atoms with Crippen molar-refractivity contribution >= 4 is 22.6 Å². The number of thioether (sulfide) groups is 1. The van der Waals surface area contributed by atoms with Gasteiger partial charge in [0.1, 0.15) is 11.5 Å². The van der Waals surface area contributed by atoms with E-state index in [4.69, 9.17) is 4.74 Å². The number of fused-ring (bicyclic) bond motifs is 1. The van der Waals surface area contributed by atoms with Crippen LogP contribution in [-0.4, -0.2) is 57.0 Å². The lowest BCUT2D eigenvalue weighted by atomic mass is 9.68. The van der Waals surface area contributed by atoms with E-state index in [1.54, 1.807) is 30.0 Å². The predicted molar refractivity (Wildman–Crippen MR) is 149 cm³/mol. The van der Waals surface area contributed by atoms with E-state index in [-0.39, 0.29) is 34.3 Å². The van der Waals surface area contributed by atoms with Crippen LogP contribution in [0.4, 0.5) is 22.0 Å². The van der Waals surface area contributed by atoms with Crippen LogP contribution >= 0.6 is 11.8 Å². The van der Waals surface area contributed by atoms with E-state index < -0.39 is 35.7 Å². The average molecular weight is 609 g/mol. The van der Waals surface area contributed by atoms with Gasteiger partial charge in [-0.1, -0.05) is 31.5 Å². The van der Waals surface area contributed by atoms with Crippen LogP contribution in [0.25, 0.3) is 0 Å². The summed E-state index contributed by atoms with van der Waals surface area (Å²) < 4.78 is 80.1. The van der Waals surface area contributed by atoms with Gasteiger partial charge in [0, 0.05) is 58.0 Å². The molecule has 0 aromatic heterocycles. The Kier molecular flexibility index (Phi) is 11.7. The van der Waals surface area contributed by atoms with Gasteiger partial charge < -0.3 is 14.9 Å². The maximum absolute atomic E-state index is 12.9. The van der Waals surface area contributed by atoms with Crippen LogP contribution in [0.2, 0.25) is 0 Å². The minimum absolute atomic E-state index is 0.159. The van der Waals surface area contributed by atoms with E-state index in [1.807, 2.05) is 24.3 Å². The molecule has 0 aliphatic carbocycles. The number of phenolic OH excluding ortho intramolecular Hbond substituents is 2. The lowest BCUT2D eigenvalue weighted by molar-refractivity contribution is -0.284. The fraction of sp³-hybridized carbons (Fsp3) is 0.586. The van der Waals surface area contributed by atoms with Gasteiger partial charge in [-0.3, -0.25) is 4.21 Å². The quantitative estimate of drug-likeness (QED) is 0.159. The lowest BCUT2D eigenvalue weighted by Crippen LogP contribution is -2.36. The molecule has 0 amide bonds. The molecular weight excluding hydrogens is 571 g/mol. The third-order valence-corrected chi connectivity index (χ3v) is 10.3. The summed E-state index contributed by atoms with van der Waals surface area (Å²) in [6.07, 6.45) is -3.54. The van der Waals surface area contributed by atoms with Gasteiger partial charge in [0.15, 0.2) is 0 Å². The number of ether oxygens (including phenoxy) is 1. The van der Waals surface area contributed by atoms with Gasteiger partial charge in [-0.25, -0.2) is 0 Å². The smallest absolute Gasteiger partial charge is 0.453 e. The first-order valence-electron chi connectivity index (χ1n) is 13.5. The highest BCUT2D eigenvalue weighted by Gasteiger charge is 2.56. The fourth-order valence-electron chi connectivity index (χ4n) is 5.04. The number of alkyl halides is 5. The predicted octanol–water partition coefficient (Wildman–Crippen LogP) is 7.94. The van der Waals surface area contributed by atoms with E-state index >= 15 is 0 Å². The van der Waals surface area contributed by atoms with E-state index in [1.165, 1.54) is 5.56 Å². The standard InChI is InChI=1S/C29H37F5O4S2/c1-27(21-8-10-22(35)11-9-21)20-39-26-19-23(36)12-13-24(26)25(27)7-5-16-38-15-3-2-4-17-40(37)18-6-14-28(30,31)29(32,33)34/h8-13,19,25,35-36H,2-7,14-18,20H2,1H3. The van der Waals surface area contributed by atoms with Crippen molar-refractivity contribution in [2.24, 2.45) is 0 Å². The van der Waals surface area contributed by atoms with Gasteiger partial charge in [-0.05, 0) is 73.4 Å². The Labute approximate surface area is 239 Å². The van der Waals surface area contributed by atoms with Crippen molar-refractivity contribution in [1.82, 2.24) is 0 Å². The van der Waals surface area contributed by atoms with Crippen LogP contribution in [0.15, 0.2) is 47.4 Å². The van der Waals surface area contributed by atoms with Gasteiger partial charge >= 0.3 is 12.1 Å². The van der Waals surface area contributed by atoms with Crippen molar-refractivity contribution in [3.8, 4) is 11.5 Å². The first-order chi connectivity index (χ1) is 18.8. The van der Waals surface area contributed by atoms with Crippen molar-refractivity contribution in [1.29, 1.82) is 0 Å². The molecule has 2 aromatic carbocycles. The van der Waals surface area contributed by atoms with E-state index in [0.29, 0.717) is 19.6 Å². The molecule has 224 valence electrons. The number of phenols is 2. The maximum Gasteiger partial charge on any atom is 0.453 e. The summed E-state index contributed by atoms with van der Waals surface area (Å²) in [5, 5.41) is 19.7. The SMILES string of the molecule is CC1(c2ccc(O)cc2)CSc2cc(O)ccc2C1CCCOCCCCCS(=O)CCCC(F)(F)C(F)(F)F. The molecule has 2 N–H and O–H groups in total. The minimum atomic E-state index is -5.56. The van der Waals surface area contributed by atoms with Crippen molar-refractivity contribution < 1.29 is 41.1 Å². The number of rotatable bonds is 15. The Balaban J connectivity index is 1.38. The number of benzene rings is 2. The summed E-state index contributed by atoms with van der Waals surface area (Å²) in [6, 6.07) is 12.9. The normalized spacial score (nSPS) is 20.3. The summed E-state index contributed by atoms with van der Waals surface area (Å²) >= 11 is 1.72. The van der Waals surface area contributed by atoms with Crippen LogP contribution in [0.5, 0.6) is 11.5 Å². The van der Waals surface area contributed by atoms with Crippen LogP contribution in [0.3, 0.4) is 0 Å². The highest BCUT2D eigenvalue weighted by Crippen LogP contribution is 2.52. The summed E-state index contributed by atoms with van der Waals surface area (Å²) in [7, 11) is -1.41. The highest BCUT2D eigenvalue weighted by atomic mass is 32.2. The Morgan fingerprint density at radius 2 is 1.57 bits per heavy atom. The first-order valence-corrected chi connectivity index (χ1v) is 15.9. The van der Waals surface area contributed by atoms with Gasteiger partial charge in [-0.15, -0.1) is 11.8 Å². The number of unbranched alkanes of at least 4 members (excludes halogenated alkanes) is 2. The second-order valence-electron chi connectivity index (χ2n) is 10.5. The molecule has 0 spiro atoms. The molecule has 4 nitrogen and oxygen atoms in total. The van der Waals surface area contributed by atoms with Crippen molar-refractivity contribution in [3.05, 3.63) is 53.6 Å². The Morgan fingerprint density at radius 3 is 2.27 bits per heavy atom. The van der Waals surface area contributed by atoms with Crippen molar-refractivity contribution in [2.75, 3.05) is 30.5 Å². The van der Waals surface area contributed by atoms with E-state index in [2.05, 4.69) is 6.92 Å². The van der Waals surface area contributed by atoms with Gasteiger partial charge in [0.05, 0.1) is 0 Å². The lowest BCUT2D eigenvalue weighted by Gasteiger charge is -2.43. The Morgan fingerprint density at radius 1 is 0.925 bits per heavy atom. The zero-order valence-electron chi connectivity index (χ0n) is 22.5. The molecule has 0 saturated heterocycles. The van der Waals surface area contributed by atoms with E-state index in [0.717, 1.165) is 41.9 Å². The molecule has 3 unspecified atom stereocenters. The Bertz CT molecular complexity index is 1110. The number of hydrogen-bond donors (Lipinski definition) is 2. The summed E-state index contributed by atoms with van der Waals surface area (Å²) in [4.78, 5) is 1.08. The van der Waals surface area contributed by atoms with E-state index in [9.17, 15) is 36.4 Å². The molecule has 1 aliphatic heterocycles. The van der Waals surface area contributed by atoms with Crippen LogP contribution in [-0.2, 0) is 21.0 Å². The van der Waals surface area contributed by atoms with Crippen LogP contribution < -0.4 is 0 Å². The summed E-state index contributed by atoms with van der Waals surface area (Å²) in [6.45, 7) is 3.34. The third-order valence-electron chi connectivity index (χ3n) is 7.42.